The van der Waals surface area contributed by atoms with Crippen molar-refractivity contribution in [1.82, 2.24) is 0 Å². The zero-order chi connectivity index (χ0) is 22.4. The van der Waals surface area contributed by atoms with E-state index in [4.69, 9.17) is 44.3 Å². The van der Waals surface area contributed by atoms with Crippen LogP contribution < -0.4 is 14.8 Å². The second kappa shape index (κ2) is 10.6. The Labute approximate surface area is 195 Å². The number of carboxylic acid groups (broad SMARTS) is 1. The van der Waals surface area contributed by atoms with Crippen LogP contribution in [0.1, 0.15) is 28.4 Å². The first-order valence-electron chi connectivity index (χ1n) is 9.46. The molecule has 0 radical (unpaired) electrons. The minimum Gasteiger partial charge on any atom is -0.490 e. The van der Waals surface area contributed by atoms with Crippen molar-refractivity contribution in [3.63, 3.8) is 0 Å². The molecule has 0 aliphatic carbocycles. The Hall–Kier alpha value is -2.60. The molecular formula is C23H20Cl3NO4. The summed E-state index contributed by atoms with van der Waals surface area (Å²) in [5, 5.41) is 13.9. The average Bonchev–Trinajstić information content (AvgIpc) is 2.74. The van der Waals surface area contributed by atoms with Crippen molar-refractivity contribution in [3.8, 4) is 11.5 Å². The third-order valence-electron chi connectivity index (χ3n) is 4.40. The first kappa shape index (κ1) is 23.1. The smallest absolute Gasteiger partial charge is 0.335 e. The SMILES string of the molecule is CCOc1cc(CNc2cc(C(=O)O)ccc2Cl)c(Cl)cc1OCc1ccc(Cl)cc1. The van der Waals surface area contributed by atoms with E-state index in [2.05, 4.69) is 5.32 Å². The first-order valence-corrected chi connectivity index (χ1v) is 10.6. The van der Waals surface area contributed by atoms with Gasteiger partial charge in [-0.15, -0.1) is 0 Å². The summed E-state index contributed by atoms with van der Waals surface area (Å²) in [6.07, 6.45) is 0. The average molecular weight is 481 g/mol. The van der Waals surface area contributed by atoms with Gasteiger partial charge in [-0.3, -0.25) is 0 Å². The van der Waals surface area contributed by atoms with Gasteiger partial charge < -0.3 is 19.9 Å². The van der Waals surface area contributed by atoms with Crippen LogP contribution >= 0.6 is 34.8 Å². The van der Waals surface area contributed by atoms with E-state index >= 15 is 0 Å². The van der Waals surface area contributed by atoms with Crippen molar-refractivity contribution in [1.29, 1.82) is 0 Å². The Morgan fingerprint density at radius 2 is 1.65 bits per heavy atom. The number of ether oxygens (including phenoxy) is 2. The van der Waals surface area contributed by atoms with Crippen LogP contribution in [0.2, 0.25) is 15.1 Å². The fourth-order valence-corrected chi connectivity index (χ4v) is 3.35. The third kappa shape index (κ3) is 6.20. The predicted molar refractivity (Wildman–Crippen MR) is 124 cm³/mol. The van der Waals surface area contributed by atoms with Gasteiger partial charge in [0, 0.05) is 22.7 Å². The van der Waals surface area contributed by atoms with Crippen LogP contribution in [0.4, 0.5) is 5.69 Å². The molecule has 0 saturated carbocycles. The van der Waals surface area contributed by atoms with E-state index in [1.807, 2.05) is 19.1 Å². The van der Waals surface area contributed by atoms with Gasteiger partial charge in [0.05, 0.1) is 22.9 Å². The number of carbonyl (C=O) groups is 1. The lowest BCUT2D eigenvalue weighted by molar-refractivity contribution is 0.0697. The van der Waals surface area contributed by atoms with Crippen LogP contribution in [0.15, 0.2) is 54.6 Å². The van der Waals surface area contributed by atoms with E-state index in [-0.39, 0.29) is 5.56 Å². The van der Waals surface area contributed by atoms with Gasteiger partial charge in [-0.1, -0.05) is 46.9 Å². The maximum Gasteiger partial charge on any atom is 0.335 e. The number of aromatic carboxylic acids is 1. The summed E-state index contributed by atoms with van der Waals surface area (Å²) in [4.78, 5) is 11.2. The van der Waals surface area contributed by atoms with Gasteiger partial charge in [0.2, 0.25) is 0 Å². The van der Waals surface area contributed by atoms with Crippen molar-refractivity contribution in [2.75, 3.05) is 11.9 Å². The van der Waals surface area contributed by atoms with Crippen molar-refractivity contribution < 1.29 is 19.4 Å². The minimum absolute atomic E-state index is 0.138. The van der Waals surface area contributed by atoms with Crippen molar-refractivity contribution in [3.05, 3.63) is 86.4 Å². The molecule has 0 saturated heterocycles. The molecule has 0 atom stereocenters. The number of carboxylic acids is 1. The molecule has 0 aromatic heterocycles. The summed E-state index contributed by atoms with van der Waals surface area (Å²) >= 11 is 18.6. The van der Waals surface area contributed by atoms with E-state index in [1.54, 1.807) is 24.3 Å². The van der Waals surface area contributed by atoms with Gasteiger partial charge in [-0.2, -0.15) is 0 Å². The summed E-state index contributed by atoms with van der Waals surface area (Å²) in [6, 6.07) is 15.3. The minimum atomic E-state index is -1.03. The second-order valence-corrected chi connectivity index (χ2v) is 7.84. The molecule has 3 rings (SSSR count). The zero-order valence-corrected chi connectivity index (χ0v) is 18.9. The zero-order valence-electron chi connectivity index (χ0n) is 16.6. The first-order chi connectivity index (χ1) is 14.9. The molecule has 162 valence electrons. The fraction of sp³-hybridized carbons (Fsp3) is 0.174. The topological polar surface area (TPSA) is 67.8 Å². The molecule has 5 nitrogen and oxygen atoms in total. The number of nitrogens with one attached hydrogen (secondary N) is 1. The third-order valence-corrected chi connectivity index (χ3v) is 5.34. The number of hydrogen-bond acceptors (Lipinski definition) is 4. The van der Waals surface area contributed by atoms with Crippen molar-refractivity contribution in [2.45, 2.75) is 20.1 Å². The van der Waals surface area contributed by atoms with Crippen LogP contribution in [0.5, 0.6) is 11.5 Å². The quantitative estimate of drug-likeness (QED) is 0.347. The molecule has 8 heteroatoms. The number of hydrogen-bond donors (Lipinski definition) is 2. The van der Waals surface area contributed by atoms with Gasteiger partial charge in [-0.05, 0) is 54.4 Å². The van der Waals surface area contributed by atoms with Crippen LogP contribution in [0.3, 0.4) is 0 Å². The molecule has 0 amide bonds. The van der Waals surface area contributed by atoms with Gasteiger partial charge in [-0.25, -0.2) is 4.79 Å². The lowest BCUT2D eigenvalue weighted by Crippen LogP contribution is -2.05. The highest BCUT2D eigenvalue weighted by Crippen LogP contribution is 2.35. The normalized spacial score (nSPS) is 10.6. The molecule has 0 heterocycles. The van der Waals surface area contributed by atoms with E-state index in [0.717, 1.165) is 11.1 Å². The largest absolute Gasteiger partial charge is 0.490 e. The van der Waals surface area contributed by atoms with Gasteiger partial charge in [0.1, 0.15) is 6.61 Å². The van der Waals surface area contributed by atoms with Crippen LogP contribution in [-0.4, -0.2) is 17.7 Å². The molecule has 0 aliphatic heterocycles. The Morgan fingerprint density at radius 3 is 2.32 bits per heavy atom. The van der Waals surface area contributed by atoms with Gasteiger partial charge >= 0.3 is 5.97 Å². The Kier molecular flexibility index (Phi) is 7.91. The number of anilines is 1. The molecule has 0 bridgehead atoms. The van der Waals surface area contributed by atoms with E-state index in [9.17, 15) is 9.90 Å². The molecule has 2 N–H and O–H groups in total. The molecule has 3 aromatic rings. The summed E-state index contributed by atoms with van der Waals surface area (Å²) in [6.45, 7) is 2.99. The monoisotopic (exact) mass is 479 g/mol. The summed E-state index contributed by atoms with van der Waals surface area (Å²) in [5.41, 5.74) is 2.35. The van der Waals surface area contributed by atoms with Crippen LogP contribution in [0.25, 0.3) is 0 Å². The molecule has 0 unspecified atom stereocenters. The Balaban J connectivity index is 1.77. The second-order valence-electron chi connectivity index (χ2n) is 6.59. The van der Waals surface area contributed by atoms with Crippen molar-refractivity contribution in [2.24, 2.45) is 0 Å². The van der Waals surface area contributed by atoms with E-state index in [1.165, 1.54) is 18.2 Å². The highest BCUT2D eigenvalue weighted by Gasteiger charge is 2.13. The summed E-state index contributed by atoms with van der Waals surface area (Å²) in [7, 11) is 0. The molecule has 0 fully saturated rings. The maximum atomic E-state index is 11.2. The van der Waals surface area contributed by atoms with Crippen LogP contribution in [-0.2, 0) is 13.2 Å². The molecular weight excluding hydrogens is 461 g/mol. The fourth-order valence-electron chi connectivity index (χ4n) is 2.82. The predicted octanol–water partition coefficient (Wildman–Crippen LogP) is 6.93. The van der Waals surface area contributed by atoms with E-state index < -0.39 is 5.97 Å². The maximum absolute atomic E-state index is 11.2. The summed E-state index contributed by atoms with van der Waals surface area (Å²) in [5.74, 6) is 0.0538. The molecule has 0 aliphatic rings. The van der Waals surface area contributed by atoms with E-state index in [0.29, 0.717) is 52.0 Å². The standard InChI is InChI=1S/C23H20Cl3NO4/c1-2-30-21-10-16(12-27-20-9-15(23(28)29)5-8-18(20)25)19(26)11-22(21)31-13-14-3-6-17(24)7-4-14/h3-11,27H,2,12-13H2,1H3,(H,28,29). The highest BCUT2D eigenvalue weighted by molar-refractivity contribution is 6.33. The lowest BCUT2D eigenvalue weighted by atomic mass is 10.1. The van der Waals surface area contributed by atoms with Crippen molar-refractivity contribution >= 4 is 46.5 Å². The Morgan fingerprint density at radius 1 is 0.935 bits per heavy atom. The molecule has 3 aromatic carbocycles. The lowest BCUT2D eigenvalue weighted by Gasteiger charge is -2.16. The molecule has 0 spiro atoms. The molecule has 31 heavy (non-hydrogen) atoms. The van der Waals surface area contributed by atoms with Crippen LogP contribution in [0, 0.1) is 0 Å². The Bertz CT molecular complexity index is 1070. The highest BCUT2D eigenvalue weighted by atomic mass is 35.5. The van der Waals surface area contributed by atoms with Gasteiger partial charge in [0.15, 0.2) is 11.5 Å². The van der Waals surface area contributed by atoms with Gasteiger partial charge in [0.25, 0.3) is 0 Å². The number of halogens is 3. The number of rotatable bonds is 9. The summed E-state index contributed by atoms with van der Waals surface area (Å²) < 4.78 is 11.6. The number of benzene rings is 3.